The number of imide groups is 1. The quantitative estimate of drug-likeness (QED) is 0.812. The van der Waals surface area contributed by atoms with E-state index in [-0.39, 0.29) is 6.42 Å². The lowest BCUT2D eigenvalue weighted by Gasteiger charge is -2.25. The van der Waals surface area contributed by atoms with Crippen molar-refractivity contribution >= 4 is 17.8 Å². The average Bonchev–Trinajstić information content (AvgIpc) is 2.89. The normalized spacial score (nSPS) is 19.4. The molecule has 0 spiro atoms. The van der Waals surface area contributed by atoms with Gasteiger partial charge in [0.05, 0.1) is 6.42 Å². The predicted molar refractivity (Wildman–Crippen MR) is 96.8 cm³/mol. The first-order valence-electron chi connectivity index (χ1n) is 8.53. The minimum Gasteiger partial charge on any atom is -0.318 e. The maximum absolute atomic E-state index is 12.9. The zero-order valence-electron chi connectivity index (χ0n) is 14.8. The summed E-state index contributed by atoms with van der Waals surface area (Å²) >= 11 is 0. The molecule has 0 saturated carbocycles. The summed E-state index contributed by atoms with van der Waals surface area (Å²) in [5, 5.41) is 3.52. The second kappa shape index (κ2) is 7.00. The van der Waals surface area contributed by atoms with Gasteiger partial charge in [0, 0.05) is 0 Å². The molecule has 4 amide bonds. The Morgan fingerprint density at radius 3 is 2.35 bits per heavy atom. The van der Waals surface area contributed by atoms with Crippen LogP contribution in [-0.4, -0.2) is 22.9 Å². The summed E-state index contributed by atoms with van der Waals surface area (Å²) in [6, 6.07) is 15.9. The van der Waals surface area contributed by atoms with Gasteiger partial charge in [0.15, 0.2) is 0 Å². The second-order valence-corrected chi connectivity index (χ2v) is 6.39. The number of amides is 4. The number of hydrogen-bond donors (Lipinski definition) is 2. The minimum atomic E-state index is -1.16. The molecule has 6 nitrogen and oxygen atoms in total. The van der Waals surface area contributed by atoms with Crippen molar-refractivity contribution in [2.24, 2.45) is 0 Å². The lowest BCUT2D eigenvalue weighted by atomic mass is 9.87. The second-order valence-electron chi connectivity index (χ2n) is 6.39. The number of nitrogens with zero attached hydrogens (tertiary/aromatic N) is 1. The summed E-state index contributed by atoms with van der Waals surface area (Å²) in [6.45, 7) is 3.79. The molecule has 134 valence electrons. The van der Waals surface area contributed by atoms with Crippen LogP contribution in [-0.2, 0) is 21.5 Å². The zero-order valence-corrected chi connectivity index (χ0v) is 14.8. The standard InChI is InChI=1S/C20H21N3O3/c1-3-20(16-7-5-4-6-8-16)18(25)23(19(26)21-20)22-17(24)13-15-11-9-14(2)10-12-15/h4-12H,3,13H2,1-2H3,(H,21,26)(H,22,24). The topological polar surface area (TPSA) is 78.5 Å². The van der Waals surface area contributed by atoms with Gasteiger partial charge in [-0.15, -0.1) is 0 Å². The fraction of sp³-hybridized carbons (Fsp3) is 0.250. The third-order valence-electron chi connectivity index (χ3n) is 4.61. The highest BCUT2D eigenvalue weighted by Gasteiger charge is 2.52. The van der Waals surface area contributed by atoms with Crippen molar-refractivity contribution in [1.29, 1.82) is 0 Å². The van der Waals surface area contributed by atoms with Crippen LogP contribution in [0.1, 0.15) is 30.0 Å². The van der Waals surface area contributed by atoms with Crippen LogP contribution in [0.3, 0.4) is 0 Å². The van der Waals surface area contributed by atoms with Gasteiger partial charge in [0.25, 0.3) is 5.91 Å². The third-order valence-corrected chi connectivity index (χ3v) is 4.61. The van der Waals surface area contributed by atoms with Crippen molar-refractivity contribution in [3.05, 3.63) is 71.3 Å². The molecule has 1 fully saturated rings. The van der Waals surface area contributed by atoms with Crippen LogP contribution in [0, 0.1) is 6.92 Å². The number of hydrazine groups is 1. The van der Waals surface area contributed by atoms with E-state index in [4.69, 9.17) is 0 Å². The number of aryl methyl sites for hydroxylation is 1. The molecule has 2 aromatic carbocycles. The highest BCUT2D eigenvalue weighted by atomic mass is 16.2. The van der Waals surface area contributed by atoms with Gasteiger partial charge in [0.2, 0.25) is 5.91 Å². The van der Waals surface area contributed by atoms with Gasteiger partial charge in [0.1, 0.15) is 5.54 Å². The van der Waals surface area contributed by atoms with Gasteiger partial charge in [-0.3, -0.25) is 15.0 Å². The zero-order chi connectivity index (χ0) is 18.7. The molecule has 1 aliphatic rings. The Morgan fingerprint density at radius 2 is 1.73 bits per heavy atom. The van der Waals surface area contributed by atoms with Gasteiger partial charge in [-0.1, -0.05) is 67.1 Å². The third kappa shape index (κ3) is 3.18. The monoisotopic (exact) mass is 351 g/mol. The van der Waals surface area contributed by atoms with Crippen LogP contribution in [0.25, 0.3) is 0 Å². The Balaban J connectivity index is 1.76. The number of hydrogen-bond acceptors (Lipinski definition) is 3. The number of nitrogens with one attached hydrogen (secondary N) is 2. The smallest absolute Gasteiger partial charge is 0.318 e. The summed E-state index contributed by atoms with van der Waals surface area (Å²) in [5.41, 5.74) is 3.87. The summed E-state index contributed by atoms with van der Waals surface area (Å²) in [5.74, 6) is -0.897. The van der Waals surface area contributed by atoms with Crippen LogP contribution in [0.15, 0.2) is 54.6 Å². The van der Waals surface area contributed by atoms with Crippen molar-refractivity contribution in [2.45, 2.75) is 32.2 Å². The maximum Gasteiger partial charge on any atom is 0.344 e. The predicted octanol–water partition coefficient (Wildman–Crippen LogP) is 2.43. The Labute approximate surface area is 152 Å². The molecule has 0 aliphatic carbocycles. The Bertz CT molecular complexity index is 833. The molecule has 0 bridgehead atoms. The largest absolute Gasteiger partial charge is 0.344 e. The highest BCUT2D eigenvalue weighted by molar-refractivity contribution is 6.08. The molecule has 1 aliphatic heterocycles. The van der Waals surface area contributed by atoms with Gasteiger partial charge in [-0.05, 0) is 24.5 Å². The number of urea groups is 1. The number of carbonyl (C=O) groups excluding carboxylic acids is 3. The molecular formula is C20H21N3O3. The van der Waals surface area contributed by atoms with E-state index in [1.807, 2.05) is 56.3 Å². The molecule has 2 N–H and O–H groups in total. The van der Waals surface area contributed by atoms with E-state index >= 15 is 0 Å². The number of carbonyl (C=O) groups is 3. The van der Waals surface area contributed by atoms with Crippen LogP contribution < -0.4 is 10.7 Å². The summed E-state index contributed by atoms with van der Waals surface area (Å²) in [6.07, 6.45) is 0.466. The molecular weight excluding hydrogens is 330 g/mol. The fourth-order valence-corrected chi connectivity index (χ4v) is 3.09. The molecule has 2 aromatic rings. The van der Waals surface area contributed by atoms with Crippen molar-refractivity contribution in [3.63, 3.8) is 0 Å². The van der Waals surface area contributed by atoms with E-state index in [1.165, 1.54) is 0 Å². The van der Waals surface area contributed by atoms with Crippen LogP contribution in [0.4, 0.5) is 4.79 Å². The van der Waals surface area contributed by atoms with Crippen molar-refractivity contribution in [2.75, 3.05) is 0 Å². The molecule has 1 unspecified atom stereocenters. The van der Waals surface area contributed by atoms with Crippen molar-refractivity contribution in [3.8, 4) is 0 Å². The van der Waals surface area contributed by atoms with Gasteiger partial charge >= 0.3 is 6.03 Å². The molecule has 6 heteroatoms. The van der Waals surface area contributed by atoms with Crippen molar-refractivity contribution in [1.82, 2.24) is 15.8 Å². The lowest BCUT2D eigenvalue weighted by Crippen LogP contribution is -2.49. The number of benzene rings is 2. The van der Waals surface area contributed by atoms with E-state index in [2.05, 4.69) is 10.7 Å². The Morgan fingerprint density at radius 1 is 1.08 bits per heavy atom. The van der Waals surface area contributed by atoms with Gasteiger partial charge < -0.3 is 5.32 Å². The van der Waals surface area contributed by atoms with Crippen molar-refractivity contribution < 1.29 is 14.4 Å². The molecule has 26 heavy (non-hydrogen) atoms. The molecule has 0 radical (unpaired) electrons. The highest BCUT2D eigenvalue weighted by Crippen LogP contribution is 2.31. The van der Waals surface area contributed by atoms with Gasteiger partial charge in [-0.2, -0.15) is 5.01 Å². The molecule has 3 rings (SSSR count). The molecule has 1 heterocycles. The van der Waals surface area contributed by atoms with Gasteiger partial charge in [-0.25, -0.2) is 4.79 Å². The van der Waals surface area contributed by atoms with Crippen LogP contribution >= 0.6 is 0 Å². The Kier molecular flexibility index (Phi) is 4.75. The fourth-order valence-electron chi connectivity index (χ4n) is 3.09. The SMILES string of the molecule is CCC1(c2ccccc2)NC(=O)N(NC(=O)Cc2ccc(C)cc2)C1=O. The first-order valence-corrected chi connectivity index (χ1v) is 8.53. The Hall–Kier alpha value is -3.15. The average molecular weight is 351 g/mol. The maximum atomic E-state index is 12.9. The first-order chi connectivity index (χ1) is 12.5. The summed E-state index contributed by atoms with van der Waals surface area (Å²) in [4.78, 5) is 37.6. The lowest BCUT2D eigenvalue weighted by molar-refractivity contribution is -0.139. The van der Waals surface area contributed by atoms with E-state index in [0.29, 0.717) is 12.0 Å². The van der Waals surface area contributed by atoms with Crippen LogP contribution in [0.5, 0.6) is 0 Å². The van der Waals surface area contributed by atoms with Crippen LogP contribution in [0.2, 0.25) is 0 Å². The molecule has 1 saturated heterocycles. The van der Waals surface area contributed by atoms with E-state index in [0.717, 1.165) is 16.1 Å². The van der Waals surface area contributed by atoms with E-state index in [1.54, 1.807) is 12.1 Å². The molecule has 1 atom stereocenters. The first kappa shape index (κ1) is 17.7. The molecule has 0 aromatic heterocycles. The summed E-state index contributed by atoms with van der Waals surface area (Å²) in [7, 11) is 0. The minimum absolute atomic E-state index is 0.0851. The van der Waals surface area contributed by atoms with E-state index in [9.17, 15) is 14.4 Å². The van der Waals surface area contributed by atoms with E-state index < -0.39 is 23.4 Å². The number of rotatable bonds is 5. The summed E-state index contributed by atoms with van der Waals surface area (Å²) < 4.78 is 0.